The van der Waals surface area contributed by atoms with E-state index in [2.05, 4.69) is 23.2 Å². The van der Waals surface area contributed by atoms with Crippen molar-refractivity contribution in [3.05, 3.63) is 95.6 Å². The summed E-state index contributed by atoms with van der Waals surface area (Å²) < 4.78 is 0. The molecule has 4 amide bonds. The van der Waals surface area contributed by atoms with Gasteiger partial charge in [-0.05, 0) is 47.9 Å². The first-order valence-electron chi connectivity index (χ1n) is 14.8. The number of urea groups is 1. The SMILES string of the molecule is CCN(C)c1cccc(CN2C[C@H]3N(C(=O)CN(CC)N3C(=O)NCc3ccccc3)[C@@H](Cc3ccc(O)cc3)C2=O)c1. The number of phenols is 1. The molecule has 0 saturated carbocycles. The van der Waals surface area contributed by atoms with Crippen molar-refractivity contribution in [3.63, 3.8) is 0 Å². The van der Waals surface area contributed by atoms with Crippen molar-refractivity contribution in [2.45, 2.75) is 45.6 Å². The zero-order valence-corrected chi connectivity index (χ0v) is 25.0. The molecule has 0 aromatic heterocycles. The molecule has 2 aliphatic heterocycles. The van der Waals surface area contributed by atoms with Crippen molar-refractivity contribution in [1.82, 2.24) is 25.1 Å². The minimum absolute atomic E-state index is 0.00346. The first-order valence-corrected chi connectivity index (χ1v) is 14.8. The number of aromatic hydroxyl groups is 1. The Labute approximate surface area is 253 Å². The molecular weight excluding hydrogens is 544 g/mol. The second kappa shape index (κ2) is 13.2. The number of phenolic OH excluding ortho intramolecular Hbond substituents is 1. The maximum Gasteiger partial charge on any atom is 0.334 e. The van der Waals surface area contributed by atoms with E-state index in [1.54, 1.807) is 44.1 Å². The fourth-order valence-electron chi connectivity index (χ4n) is 5.81. The molecule has 0 bridgehead atoms. The van der Waals surface area contributed by atoms with Crippen molar-refractivity contribution in [2.24, 2.45) is 0 Å². The number of hydrazine groups is 1. The summed E-state index contributed by atoms with van der Waals surface area (Å²) in [5, 5.41) is 16.2. The Hall–Kier alpha value is -4.57. The normalized spacial score (nSPS) is 18.9. The third kappa shape index (κ3) is 6.59. The number of anilines is 1. The predicted octanol–water partition coefficient (Wildman–Crippen LogP) is 3.42. The number of carbonyl (C=O) groups excluding carboxylic acids is 3. The number of piperazine rings is 1. The summed E-state index contributed by atoms with van der Waals surface area (Å²) in [5.74, 6) is -0.229. The number of nitrogens with zero attached hydrogens (tertiary/aromatic N) is 5. The molecule has 2 fully saturated rings. The van der Waals surface area contributed by atoms with Crippen LogP contribution in [0.1, 0.15) is 30.5 Å². The number of benzene rings is 3. The lowest BCUT2D eigenvalue weighted by molar-refractivity contribution is -0.190. The van der Waals surface area contributed by atoms with Crippen molar-refractivity contribution in [1.29, 1.82) is 0 Å². The second-order valence-electron chi connectivity index (χ2n) is 11.0. The average Bonchev–Trinajstić information content (AvgIpc) is 3.02. The molecule has 0 aliphatic carbocycles. The molecule has 3 aromatic rings. The van der Waals surface area contributed by atoms with Gasteiger partial charge < -0.3 is 25.1 Å². The van der Waals surface area contributed by atoms with E-state index in [-0.39, 0.29) is 43.1 Å². The summed E-state index contributed by atoms with van der Waals surface area (Å²) >= 11 is 0. The fourth-order valence-corrected chi connectivity index (χ4v) is 5.81. The van der Waals surface area contributed by atoms with Crippen molar-refractivity contribution in [2.75, 3.05) is 38.1 Å². The molecule has 0 spiro atoms. The van der Waals surface area contributed by atoms with Gasteiger partial charge >= 0.3 is 6.03 Å². The zero-order valence-electron chi connectivity index (χ0n) is 25.0. The van der Waals surface area contributed by atoms with Crippen LogP contribution < -0.4 is 10.2 Å². The lowest BCUT2D eigenvalue weighted by Gasteiger charge is -2.55. The Balaban J connectivity index is 1.48. The molecule has 2 aliphatic rings. The molecule has 10 nitrogen and oxygen atoms in total. The van der Waals surface area contributed by atoms with E-state index in [1.165, 1.54) is 0 Å². The van der Waals surface area contributed by atoms with Gasteiger partial charge in [0.15, 0.2) is 0 Å². The Morgan fingerprint density at radius 1 is 0.953 bits per heavy atom. The van der Waals surface area contributed by atoms with Crippen LogP contribution in [0.2, 0.25) is 0 Å². The van der Waals surface area contributed by atoms with Crippen LogP contribution in [-0.2, 0) is 29.1 Å². The van der Waals surface area contributed by atoms with Crippen molar-refractivity contribution < 1.29 is 19.5 Å². The number of likely N-dealkylation sites (N-methyl/N-ethyl adjacent to an activating group) is 1. The molecule has 2 saturated heterocycles. The molecule has 226 valence electrons. The molecule has 5 rings (SSSR count). The van der Waals surface area contributed by atoms with Gasteiger partial charge in [-0.1, -0.05) is 61.5 Å². The first-order chi connectivity index (χ1) is 20.8. The highest BCUT2D eigenvalue weighted by Crippen LogP contribution is 2.30. The van der Waals surface area contributed by atoms with Gasteiger partial charge in [0.25, 0.3) is 0 Å². The molecule has 2 N–H and O–H groups in total. The highest BCUT2D eigenvalue weighted by molar-refractivity contribution is 5.91. The summed E-state index contributed by atoms with van der Waals surface area (Å²) in [6, 6.07) is 23.3. The lowest BCUT2D eigenvalue weighted by atomic mass is 9.98. The van der Waals surface area contributed by atoms with Crippen LogP contribution in [0.15, 0.2) is 78.9 Å². The van der Waals surface area contributed by atoms with Gasteiger partial charge in [0.05, 0.1) is 13.1 Å². The van der Waals surface area contributed by atoms with E-state index in [1.807, 2.05) is 62.5 Å². The van der Waals surface area contributed by atoms with Crippen LogP contribution in [-0.4, -0.2) is 88.2 Å². The van der Waals surface area contributed by atoms with Crippen LogP contribution >= 0.6 is 0 Å². The van der Waals surface area contributed by atoms with Crippen LogP contribution in [0.3, 0.4) is 0 Å². The topological polar surface area (TPSA) is 99.7 Å². The Morgan fingerprint density at radius 3 is 2.37 bits per heavy atom. The van der Waals surface area contributed by atoms with Gasteiger partial charge in [-0.3, -0.25) is 9.59 Å². The lowest BCUT2D eigenvalue weighted by Crippen LogP contribution is -2.76. The van der Waals surface area contributed by atoms with Gasteiger partial charge in [-0.25, -0.2) is 14.8 Å². The Kier molecular flexibility index (Phi) is 9.16. The maximum absolute atomic E-state index is 14.2. The minimum atomic E-state index is -0.805. The monoisotopic (exact) mass is 584 g/mol. The van der Waals surface area contributed by atoms with Crippen LogP contribution in [0.5, 0.6) is 5.75 Å². The number of hydrogen-bond acceptors (Lipinski definition) is 6. The Bertz CT molecular complexity index is 1430. The van der Waals surface area contributed by atoms with Gasteiger partial charge in [0.1, 0.15) is 18.0 Å². The standard InChI is InChI=1S/C33H40N6O4/c1-4-35(3)27-13-9-12-26(18-27)21-36-22-30-38(29(32(36)42)19-24-14-16-28(40)17-15-24)31(41)23-37(5-2)39(30)33(43)34-20-25-10-7-6-8-11-25/h6-18,29-30,40H,4-5,19-23H2,1-3H3,(H,34,43)/t29-,30-/m0/s1. The smallest absolute Gasteiger partial charge is 0.334 e. The third-order valence-electron chi connectivity index (χ3n) is 8.25. The van der Waals surface area contributed by atoms with Gasteiger partial charge in [-0.2, -0.15) is 0 Å². The molecule has 2 heterocycles. The summed E-state index contributed by atoms with van der Waals surface area (Å²) in [6.45, 7) is 6.16. The van der Waals surface area contributed by atoms with E-state index in [0.29, 0.717) is 19.6 Å². The number of nitrogens with one attached hydrogen (secondary N) is 1. The van der Waals surface area contributed by atoms with Crippen molar-refractivity contribution in [3.8, 4) is 5.75 Å². The molecular formula is C33H40N6O4. The number of carbonyl (C=O) groups is 3. The van der Waals surface area contributed by atoms with Crippen molar-refractivity contribution >= 4 is 23.5 Å². The van der Waals surface area contributed by atoms with Gasteiger partial charge in [0.2, 0.25) is 11.8 Å². The zero-order chi connectivity index (χ0) is 30.5. The molecule has 43 heavy (non-hydrogen) atoms. The Morgan fingerprint density at radius 2 is 1.67 bits per heavy atom. The summed E-state index contributed by atoms with van der Waals surface area (Å²) in [6.07, 6.45) is -0.416. The van der Waals surface area contributed by atoms with E-state index < -0.39 is 12.2 Å². The van der Waals surface area contributed by atoms with Crippen LogP contribution in [0.4, 0.5) is 10.5 Å². The van der Waals surface area contributed by atoms with Gasteiger partial charge in [-0.15, -0.1) is 0 Å². The van der Waals surface area contributed by atoms with E-state index >= 15 is 0 Å². The highest BCUT2D eigenvalue weighted by Gasteiger charge is 2.51. The van der Waals surface area contributed by atoms with Gasteiger partial charge in [0, 0.05) is 45.3 Å². The molecule has 0 radical (unpaired) electrons. The number of rotatable bonds is 9. The fraction of sp³-hybridized carbons (Fsp3) is 0.364. The van der Waals surface area contributed by atoms with E-state index in [0.717, 1.165) is 28.9 Å². The first kappa shape index (κ1) is 29.9. The predicted molar refractivity (Wildman–Crippen MR) is 165 cm³/mol. The third-order valence-corrected chi connectivity index (χ3v) is 8.25. The summed E-state index contributed by atoms with van der Waals surface area (Å²) in [4.78, 5) is 47.1. The van der Waals surface area contributed by atoms with E-state index in [9.17, 15) is 19.5 Å². The average molecular weight is 585 g/mol. The number of hydrogen-bond donors (Lipinski definition) is 2. The molecule has 3 aromatic carbocycles. The second-order valence-corrected chi connectivity index (χ2v) is 11.0. The maximum atomic E-state index is 14.2. The largest absolute Gasteiger partial charge is 0.508 e. The molecule has 0 unspecified atom stereocenters. The quantitative estimate of drug-likeness (QED) is 0.400. The summed E-state index contributed by atoms with van der Waals surface area (Å²) in [7, 11) is 2.02. The van der Waals surface area contributed by atoms with Crippen LogP contribution in [0, 0.1) is 0 Å². The summed E-state index contributed by atoms with van der Waals surface area (Å²) in [5.41, 5.74) is 3.80. The molecule has 10 heteroatoms. The highest BCUT2D eigenvalue weighted by atomic mass is 16.3. The van der Waals surface area contributed by atoms with E-state index in [4.69, 9.17) is 0 Å². The number of amides is 4. The van der Waals surface area contributed by atoms with Crippen LogP contribution in [0.25, 0.3) is 0 Å². The number of fused-ring (bicyclic) bond motifs is 1. The molecule has 2 atom stereocenters. The minimum Gasteiger partial charge on any atom is -0.508 e.